The van der Waals surface area contributed by atoms with E-state index in [1.807, 2.05) is 0 Å². The number of carbonyl (C=O) groups is 2. The summed E-state index contributed by atoms with van der Waals surface area (Å²) < 4.78 is 0. The Kier molecular flexibility index (Phi) is 5.89. The molecule has 9 heavy (non-hydrogen) atoms. The van der Waals surface area contributed by atoms with E-state index in [1.165, 1.54) is 0 Å². The topological polar surface area (TPSA) is 54.4 Å². The molecule has 0 unspecified atom stereocenters. The van der Waals surface area contributed by atoms with E-state index >= 15 is 0 Å². The third kappa shape index (κ3) is 4.25. The summed E-state index contributed by atoms with van der Waals surface area (Å²) in [6.07, 6.45) is 0. The zero-order valence-electron chi connectivity index (χ0n) is 6.84. The van der Waals surface area contributed by atoms with E-state index < -0.39 is 17.7 Å². The van der Waals surface area contributed by atoms with E-state index in [4.69, 9.17) is 5.11 Å². The van der Waals surface area contributed by atoms with Crippen molar-refractivity contribution in [2.24, 2.45) is 5.92 Å². The van der Waals surface area contributed by atoms with Gasteiger partial charge in [-0.25, -0.2) is 4.79 Å². The molecule has 0 aliphatic carbocycles. The number of rotatable bonds is 2. The quantitative estimate of drug-likeness (QED) is 0.324. The largest absolute Gasteiger partial charge is 1.00 e. The zero-order valence-corrected chi connectivity index (χ0v) is 5.84. The number of hydrogen-bond donors (Lipinski definition) is 1. The Bertz CT molecular complexity index is 124. The number of Topliss-reactive ketones (excluding diaryl/α,β-unsaturated/α-hetero) is 1. The minimum Gasteiger partial charge on any atom is -1.00 e. The van der Waals surface area contributed by atoms with Gasteiger partial charge in [-0.2, -0.15) is 0 Å². The summed E-state index contributed by atoms with van der Waals surface area (Å²) in [6.45, 7) is 3.10. The van der Waals surface area contributed by atoms with Crippen LogP contribution in [0.2, 0.25) is 0 Å². The normalized spacial score (nSPS) is 8.33. The maximum absolute atomic E-state index is 10.2. The van der Waals surface area contributed by atoms with Crippen molar-refractivity contribution in [3.05, 3.63) is 0 Å². The monoisotopic (exact) mass is 124 g/mol. The first-order valence-electron chi connectivity index (χ1n) is 2.33. The van der Waals surface area contributed by atoms with Gasteiger partial charge in [0.1, 0.15) is 0 Å². The Morgan fingerprint density at radius 2 is 1.78 bits per heavy atom. The molecule has 0 aliphatic heterocycles. The first-order chi connectivity index (χ1) is 3.55. The fourth-order valence-corrected chi connectivity index (χ4v) is 0.247. The Hall–Kier alpha value is -0.263. The summed E-state index contributed by atoms with van der Waals surface area (Å²) in [5.41, 5.74) is 0. The van der Waals surface area contributed by atoms with E-state index in [1.54, 1.807) is 13.8 Å². The van der Waals surface area contributed by atoms with Crippen molar-refractivity contribution in [2.75, 3.05) is 0 Å². The smallest absolute Gasteiger partial charge is 1.00 e. The van der Waals surface area contributed by atoms with Gasteiger partial charge in [-0.05, 0) is 0 Å². The second kappa shape index (κ2) is 4.60. The van der Waals surface area contributed by atoms with Crippen molar-refractivity contribution < 1.29 is 35.0 Å². The SMILES string of the molecule is CC(C)C(=O)C(=O)O.[H-].[Li+]. The van der Waals surface area contributed by atoms with Crippen LogP contribution in [-0.4, -0.2) is 16.9 Å². The third-order valence-electron chi connectivity index (χ3n) is 0.735. The van der Waals surface area contributed by atoms with E-state index in [9.17, 15) is 9.59 Å². The van der Waals surface area contributed by atoms with Crippen LogP contribution in [-0.2, 0) is 9.59 Å². The molecule has 0 spiro atoms. The van der Waals surface area contributed by atoms with Crippen LogP contribution in [0.5, 0.6) is 0 Å². The van der Waals surface area contributed by atoms with Gasteiger partial charge in [0, 0.05) is 5.92 Å². The van der Waals surface area contributed by atoms with Gasteiger partial charge in [0.05, 0.1) is 0 Å². The minimum atomic E-state index is -1.35. The van der Waals surface area contributed by atoms with Crippen molar-refractivity contribution in [2.45, 2.75) is 13.8 Å². The predicted octanol–water partition coefficient (Wildman–Crippen LogP) is -2.59. The molecule has 0 atom stereocenters. The molecule has 0 aliphatic rings. The van der Waals surface area contributed by atoms with Crippen LogP contribution < -0.4 is 18.9 Å². The predicted molar refractivity (Wildman–Crippen MR) is 28.6 cm³/mol. The molecular weight excluding hydrogens is 115 g/mol. The zero-order chi connectivity index (χ0) is 6.73. The first kappa shape index (κ1) is 11.5. The summed E-state index contributed by atoms with van der Waals surface area (Å²) in [5, 5.41) is 8.00. The molecule has 0 bridgehead atoms. The fourth-order valence-electron chi connectivity index (χ4n) is 0.247. The van der Waals surface area contributed by atoms with E-state index in [-0.39, 0.29) is 20.3 Å². The van der Waals surface area contributed by atoms with Crippen LogP contribution in [0.25, 0.3) is 0 Å². The van der Waals surface area contributed by atoms with Crippen LogP contribution in [0.1, 0.15) is 15.3 Å². The van der Waals surface area contributed by atoms with Gasteiger partial charge in [0.2, 0.25) is 5.78 Å². The van der Waals surface area contributed by atoms with Crippen molar-refractivity contribution in [1.82, 2.24) is 0 Å². The molecule has 3 nitrogen and oxygen atoms in total. The average Bonchev–Trinajstić information content (AvgIpc) is 1.64. The summed E-state index contributed by atoms with van der Waals surface area (Å²) >= 11 is 0. The molecular formula is C5H9LiO3. The molecule has 0 aromatic rings. The minimum absolute atomic E-state index is 0. The van der Waals surface area contributed by atoms with Gasteiger partial charge in [-0.3, -0.25) is 4.79 Å². The third-order valence-corrected chi connectivity index (χ3v) is 0.735. The molecule has 0 aromatic heterocycles. The molecule has 0 saturated heterocycles. The maximum Gasteiger partial charge on any atom is 1.00 e. The Morgan fingerprint density at radius 3 is 1.78 bits per heavy atom. The van der Waals surface area contributed by atoms with Crippen LogP contribution in [0.4, 0.5) is 0 Å². The second-order valence-corrected chi connectivity index (χ2v) is 1.82. The first-order valence-corrected chi connectivity index (χ1v) is 2.33. The molecule has 1 N–H and O–H groups in total. The molecule has 0 fully saturated rings. The number of carboxylic acids is 1. The molecule has 0 saturated carbocycles. The Labute approximate surface area is 67.1 Å². The average molecular weight is 124 g/mol. The van der Waals surface area contributed by atoms with Gasteiger partial charge in [0.15, 0.2) is 0 Å². The van der Waals surface area contributed by atoms with Crippen LogP contribution >= 0.6 is 0 Å². The van der Waals surface area contributed by atoms with E-state index in [0.717, 1.165) is 0 Å². The van der Waals surface area contributed by atoms with E-state index in [2.05, 4.69) is 0 Å². The molecule has 0 heterocycles. The van der Waals surface area contributed by atoms with Gasteiger partial charge in [0.25, 0.3) is 0 Å². The number of aliphatic carboxylic acids is 1. The molecule has 4 heteroatoms. The standard InChI is InChI=1S/C5H8O3.Li.H/c1-3(2)4(6)5(7)8;;/h3H,1-2H3,(H,7,8);;/q;+1;-1. The number of carbonyl (C=O) groups excluding carboxylic acids is 1. The van der Waals surface area contributed by atoms with Crippen LogP contribution in [0.15, 0.2) is 0 Å². The number of carboxylic acid groups (broad SMARTS) is 1. The summed E-state index contributed by atoms with van der Waals surface area (Å²) in [6, 6.07) is 0. The van der Waals surface area contributed by atoms with Crippen molar-refractivity contribution in [1.29, 1.82) is 0 Å². The summed E-state index contributed by atoms with van der Waals surface area (Å²) in [5.74, 6) is -2.47. The van der Waals surface area contributed by atoms with Crippen molar-refractivity contribution in [3.8, 4) is 0 Å². The van der Waals surface area contributed by atoms with Gasteiger partial charge in [-0.15, -0.1) is 0 Å². The van der Waals surface area contributed by atoms with Crippen LogP contribution in [0, 0.1) is 5.92 Å². The Morgan fingerprint density at radius 1 is 1.44 bits per heavy atom. The van der Waals surface area contributed by atoms with Gasteiger partial charge < -0.3 is 6.53 Å². The van der Waals surface area contributed by atoms with E-state index in [0.29, 0.717) is 0 Å². The number of hydrogen-bond acceptors (Lipinski definition) is 2. The Balaban J connectivity index is -0.000000245. The fraction of sp³-hybridized carbons (Fsp3) is 0.600. The summed E-state index contributed by atoms with van der Waals surface area (Å²) in [4.78, 5) is 20.0. The number of ketones is 1. The van der Waals surface area contributed by atoms with Gasteiger partial charge in [-0.1, -0.05) is 13.8 Å². The molecule has 48 valence electrons. The second-order valence-electron chi connectivity index (χ2n) is 1.82. The molecule has 0 amide bonds. The molecule has 0 radical (unpaired) electrons. The maximum atomic E-state index is 10.2. The molecule has 0 rings (SSSR count). The summed E-state index contributed by atoms with van der Waals surface area (Å²) in [7, 11) is 0. The van der Waals surface area contributed by atoms with Gasteiger partial charge >= 0.3 is 24.8 Å². The van der Waals surface area contributed by atoms with Crippen LogP contribution in [0.3, 0.4) is 0 Å². The van der Waals surface area contributed by atoms with Crippen molar-refractivity contribution in [3.63, 3.8) is 0 Å². The molecule has 0 aromatic carbocycles. The van der Waals surface area contributed by atoms with Crippen molar-refractivity contribution >= 4 is 11.8 Å².